The van der Waals surface area contributed by atoms with Crippen molar-refractivity contribution >= 4 is 17.3 Å². The summed E-state index contributed by atoms with van der Waals surface area (Å²) in [5.41, 5.74) is 5.91. The zero-order valence-electron chi connectivity index (χ0n) is 20.3. The maximum Gasteiger partial charge on any atom is 0.205 e. The van der Waals surface area contributed by atoms with Gasteiger partial charge in [0.05, 0.1) is 0 Å². The molecule has 37 heavy (non-hydrogen) atoms. The first-order chi connectivity index (χ1) is 18.2. The third kappa shape index (κ3) is 4.23. The number of tetrazole rings is 1. The molecule has 0 atom stereocenters. The Morgan fingerprint density at radius 1 is 0.973 bits per heavy atom. The molecule has 0 amide bonds. The maximum absolute atomic E-state index is 12.3. The topological polar surface area (TPSA) is 102 Å². The molecule has 8 heteroatoms. The lowest BCUT2D eigenvalue weighted by Crippen LogP contribution is -2.08. The Hall–Kier alpha value is -4.85. The van der Waals surface area contributed by atoms with Crippen LogP contribution >= 0.6 is 0 Å². The van der Waals surface area contributed by atoms with Crippen LogP contribution in [0.2, 0.25) is 0 Å². The molecule has 0 aliphatic rings. The van der Waals surface area contributed by atoms with Crippen molar-refractivity contribution in [3.63, 3.8) is 0 Å². The van der Waals surface area contributed by atoms with E-state index in [9.17, 15) is 4.79 Å². The number of rotatable bonds is 8. The van der Waals surface area contributed by atoms with Crippen molar-refractivity contribution in [2.75, 3.05) is 0 Å². The van der Waals surface area contributed by atoms with Crippen LogP contribution in [-0.2, 0) is 13.0 Å². The summed E-state index contributed by atoms with van der Waals surface area (Å²) in [5.74, 6) is 2.02. The van der Waals surface area contributed by atoms with Crippen molar-refractivity contribution in [2.24, 2.45) is 0 Å². The second-order valence-electron chi connectivity index (χ2n) is 8.84. The van der Waals surface area contributed by atoms with E-state index in [0.717, 1.165) is 58.2 Å². The number of aromatic amines is 1. The fraction of sp³-hybridized carbons (Fsp3) is 0.138. The third-order valence-electron chi connectivity index (χ3n) is 6.45. The minimum atomic E-state index is 0.522. The number of fused-ring (bicyclic) bond motifs is 1. The van der Waals surface area contributed by atoms with E-state index in [1.165, 1.54) is 0 Å². The van der Waals surface area contributed by atoms with Crippen LogP contribution in [0.3, 0.4) is 0 Å². The van der Waals surface area contributed by atoms with Gasteiger partial charge in [0, 0.05) is 23.9 Å². The maximum atomic E-state index is 12.3. The molecule has 8 nitrogen and oxygen atoms in total. The van der Waals surface area contributed by atoms with Gasteiger partial charge in [0.1, 0.15) is 22.8 Å². The van der Waals surface area contributed by atoms with Crippen LogP contribution in [0.25, 0.3) is 44.9 Å². The number of imidazole rings is 1. The first kappa shape index (κ1) is 22.6. The van der Waals surface area contributed by atoms with Crippen LogP contribution in [0, 0.1) is 0 Å². The molecule has 0 aliphatic heterocycles. The highest BCUT2D eigenvalue weighted by atomic mass is 16.3. The summed E-state index contributed by atoms with van der Waals surface area (Å²) < 4.78 is 8.05. The fourth-order valence-corrected chi connectivity index (χ4v) is 4.68. The number of para-hydroxylation sites is 1. The number of carbonyl (C=O) groups excluding carboxylic acids is 1. The minimum Gasteiger partial charge on any atom is -0.454 e. The number of benzene rings is 3. The van der Waals surface area contributed by atoms with E-state index in [1.54, 1.807) is 0 Å². The SMILES string of the molecule is CCCc1nc(-c2cc3ccccc3o2)c(C=O)n1Cc1ccc(-c2ccccc2-c2nn[nH]n2)cc1. The lowest BCUT2D eigenvalue weighted by molar-refractivity contribution is 0.111. The molecular weight excluding hydrogens is 464 g/mol. The van der Waals surface area contributed by atoms with Crippen molar-refractivity contribution in [2.45, 2.75) is 26.3 Å². The van der Waals surface area contributed by atoms with Gasteiger partial charge >= 0.3 is 0 Å². The van der Waals surface area contributed by atoms with Crippen molar-refractivity contribution < 1.29 is 9.21 Å². The van der Waals surface area contributed by atoms with Gasteiger partial charge in [-0.15, -0.1) is 10.2 Å². The molecule has 3 aromatic heterocycles. The molecule has 1 N–H and O–H groups in total. The van der Waals surface area contributed by atoms with Gasteiger partial charge in [0.15, 0.2) is 12.0 Å². The number of nitrogens with zero attached hydrogens (tertiary/aromatic N) is 5. The van der Waals surface area contributed by atoms with Gasteiger partial charge in [-0.25, -0.2) is 4.98 Å². The molecule has 0 spiro atoms. The molecule has 0 unspecified atom stereocenters. The van der Waals surface area contributed by atoms with Gasteiger partial charge in [0.25, 0.3) is 0 Å². The van der Waals surface area contributed by atoms with Gasteiger partial charge in [0.2, 0.25) is 5.82 Å². The number of hydrogen-bond acceptors (Lipinski definition) is 6. The van der Waals surface area contributed by atoms with Crippen LogP contribution < -0.4 is 0 Å². The number of nitrogens with one attached hydrogen (secondary N) is 1. The number of H-pyrrole nitrogens is 1. The van der Waals surface area contributed by atoms with Crippen LogP contribution in [0.4, 0.5) is 0 Å². The Bertz CT molecular complexity index is 1650. The van der Waals surface area contributed by atoms with Gasteiger partial charge in [-0.3, -0.25) is 4.79 Å². The highest BCUT2D eigenvalue weighted by Crippen LogP contribution is 2.32. The Morgan fingerprint density at radius 3 is 2.49 bits per heavy atom. The van der Waals surface area contributed by atoms with E-state index in [0.29, 0.717) is 29.5 Å². The Morgan fingerprint density at radius 2 is 1.76 bits per heavy atom. The molecule has 3 heterocycles. The van der Waals surface area contributed by atoms with E-state index in [-0.39, 0.29) is 0 Å². The Labute approximate surface area is 213 Å². The average molecular weight is 489 g/mol. The zero-order chi connectivity index (χ0) is 25.2. The number of aryl methyl sites for hydroxylation is 1. The second-order valence-corrected chi connectivity index (χ2v) is 8.84. The molecule has 0 aliphatic carbocycles. The van der Waals surface area contributed by atoms with Crippen molar-refractivity contribution in [3.8, 4) is 34.0 Å². The lowest BCUT2D eigenvalue weighted by Gasteiger charge is -2.11. The number of aromatic nitrogens is 6. The van der Waals surface area contributed by atoms with Crippen molar-refractivity contribution in [1.82, 2.24) is 30.2 Å². The summed E-state index contributed by atoms with van der Waals surface area (Å²) in [7, 11) is 0. The fourth-order valence-electron chi connectivity index (χ4n) is 4.68. The molecule has 3 aromatic carbocycles. The third-order valence-corrected chi connectivity index (χ3v) is 6.45. The van der Waals surface area contributed by atoms with E-state index in [2.05, 4.69) is 51.8 Å². The molecular formula is C29H24N6O2. The summed E-state index contributed by atoms with van der Waals surface area (Å²) in [4.78, 5) is 17.2. The smallest absolute Gasteiger partial charge is 0.205 e. The number of hydrogen-bond donors (Lipinski definition) is 1. The summed E-state index contributed by atoms with van der Waals surface area (Å²) in [5, 5.41) is 15.5. The molecule has 182 valence electrons. The molecule has 0 bridgehead atoms. The molecule has 0 fully saturated rings. The van der Waals surface area contributed by atoms with E-state index in [1.807, 2.05) is 59.2 Å². The molecule has 6 aromatic rings. The van der Waals surface area contributed by atoms with Crippen LogP contribution in [-0.4, -0.2) is 36.5 Å². The normalized spacial score (nSPS) is 11.3. The standard InChI is InChI=1S/C29H24N6O2/c1-2-7-27-30-28(26-16-21-8-3-6-11-25(21)37-26)24(18-36)35(27)17-19-12-14-20(15-13-19)22-9-4-5-10-23(22)29-31-33-34-32-29/h3-6,8-16,18H,2,7,17H2,1H3,(H,31,32,33,34). The number of aldehydes is 1. The van der Waals surface area contributed by atoms with E-state index >= 15 is 0 Å². The van der Waals surface area contributed by atoms with E-state index in [4.69, 9.17) is 9.40 Å². The predicted molar refractivity (Wildman–Crippen MR) is 141 cm³/mol. The second kappa shape index (κ2) is 9.66. The van der Waals surface area contributed by atoms with Crippen molar-refractivity contribution in [3.05, 3.63) is 95.9 Å². The van der Waals surface area contributed by atoms with E-state index < -0.39 is 0 Å². The van der Waals surface area contributed by atoms with Gasteiger partial charge < -0.3 is 8.98 Å². The van der Waals surface area contributed by atoms with Gasteiger partial charge in [-0.05, 0) is 40.5 Å². The average Bonchev–Trinajstić information content (AvgIpc) is 3.69. The minimum absolute atomic E-state index is 0.522. The highest BCUT2D eigenvalue weighted by molar-refractivity contribution is 5.88. The molecule has 0 saturated heterocycles. The molecule has 0 saturated carbocycles. The predicted octanol–water partition coefficient (Wildman–Crippen LogP) is 5.96. The quantitative estimate of drug-likeness (QED) is 0.265. The zero-order valence-corrected chi connectivity index (χ0v) is 20.3. The lowest BCUT2D eigenvalue weighted by atomic mass is 9.98. The number of carbonyl (C=O) groups is 1. The van der Waals surface area contributed by atoms with Crippen LogP contribution in [0.5, 0.6) is 0 Å². The number of furan rings is 1. The Balaban J connectivity index is 1.35. The monoisotopic (exact) mass is 488 g/mol. The summed E-state index contributed by atoms with van der Waals surface area (Å²) in [6.07, 6.45) is 2.56. The first-order valence-corrected chi connectivity index (χ1v) is 12.2. The molecule has 0 radical (unpaired) electrons. The highest BCUT2D eigenvalue weighted by Gasteiger charge is 2.21. The van der Waals surface area contributed by atoms with Crippen LogP contribution in [0.15, 0.2) is 83.3 Å². The summed E-state index contributed by atoms with van der Waals surface area (Å²) in [6.45, 7) is 2.64. The van der Waals surface area contributed by atoms with Gasteiger partial charge in [-0.2, -0.15) is 5.21 Å². The van der Waals surface area contributed by atoms with Crippen molar-refractivity contribution in [1.29, 1.82) is 0 Å². The summed E-state index contributed by atoms with van der Waals surface area (Å²) >= 11 is 0. The van der Waals surface area contributed by atoms with Crippen LogP contribution in [0.1, 0.15) is 35.2 Å². The Kier molecular flexibility index (Phi) is 5.90. The molecule has 6 rings (SSSR count). The summed E-state index contributed by atoms with van der Waals surface area (Å²) in [6, 6.07) is 26.0. The first-order valence-electron chi connectivity index (χ1n) is 12.2. The van der Waals surface area contributed by atoms with Gasteiger partial charge in [-0.1, -0.05) is 73.7 Å². The largest absolute Gasteiger partial charge is 0.454 e.